The Labute approximate surface area is 62.7 Å². The molecule has 0 fully saturated rings. The Morgan fingerprint density at radius 3 is 2.10 bits per heavy atom. The molecule has 0 unspecified atom stereocenters. The molecule has 0 heterocycles. The quantitative estimate of drug-likeness (QED) is 0.421. The Hall–Kier alpha value is -0.940. The van der Waals surface area contributed by atoms with Gasteiger partial charge in [-0.1, -0.05) is 39.7 Å². The lowest BCUT2D eigenvalue weighted by Crippen LogP contribution is -2.09. The molecule has 0 atom stereocenters. The van der Waals surface area contributed by atoms with Gasteiger partial charge in [-0.25, -0.2) is 0 Å². The highest BCUT2D eigenvalue weighted by molar-refractivity contribution is 5.01. The largest absolute Gasteiger partial charge is 0.461 e. The summed E-state index contributed by atoms with van der Waals surface area (Å²) in [7, 11) is 0. The van der Waals surface area contributed by atoms with E-state index in [-0.39, 0.29) is 5.41 Å². The molecule has 0 aromatic heterocycles. The molecule has 0 N–H and O–H groups in total. The molecule has 0 rings (SSSR count). The zero-order valence-corrected chi connectivity index (χ0v) is 6.90. The molecule has 0 saturated carbocycles. The first-order chi connectivity index (χ1) is 4.52. The van der Waals surface area contributed by atoms with E-state index in [4.69, 9.17) is 4.74 Å². The smallest absolute Gasteiger partial charge is 0.150 e. The summed E-state index contributed by atoms with van der Waals surface area (Å²) in [4.78, 5) is 0. The summed E-state index contributed by atoms with van der Waals surface area (Å²) in [5.41, 5.74) is 2.68. The average molecular weight is 138 g/mol. The van der Waals surface area contributed by atoms with Gasteiger partial charge in [-0.05, 0) is 0 Å². The van der Waals surface area contributed by atoms with Crippen molar-refractivity contribution < 1.29 is 4.74 Å². The number of rotatable bonds is 2. The predicted octanol–water partition coefficient (Wildman–Crippen LogP) is 2.86. The maximum Gasteiger partial charge on any atom is 0.150 e. The van der Waals surface area contributed by atoms with E-state index in [1.807, 2.05) is 20.8 Å². The van der Waals surface area contributed by atoms with Crippen LogP contribution in [0.2, 0.25) is 0 Å². The van der Waals surface area contributed by atoms with Crippen LogP contribution >= 0.6 is 0 Å². The maximum absolute atomic E-state index is 5.06. The highest BCUT2D eigenvalue weighted by Crippen LogP contribution is 2.24. The second kappa shape index (κ2) is 3.28. The molecular formula is C9H14O. The molecule has 56 valence electrons. The van der Waals surface area contributed by atoms with Gasteiger partial charge in [-0.2, -0.15) is 0 Å². The SMILES string of the molecule is C=C=C(OC=C)C(C)(C)C. The van der Waals surface area contributed by atoms with Crippen LogP contribution in [0.25, 0.3) is 0 Å². The maximum atomic E-state index is 5.06. The molecule has 0 amide bonds. The summed E-state index contributed by atoms with van der Waals surface area (Å²) in [5, 5.41) is 0. The van der Waals surface area contributed by atoms with Crippen molar-refractivity contribution in [3.63, 3.8) is 0 Å². The van der Waals surface area contributed by atoms with Crippen molar-refractivity contribution in [2.24, 2.45) is 5.41 Å². The van der Waals surface area contributed by atoms with Gasteiger partial charge in [0.05, 0.1) is 6.26 Å². The van der Waals surface area contributed by atoms with Gasteiger partial charge in [-0.15, -0.1) is 0 Å². The Kier molecular flexibility index (Phi) is 2.98. The van der Waals surface area contributed by atoms with Crippen molar-refractivity contribution >= 4 is 0 Å². The number of ether oxygens (including phenoxy) is 1. The molecule has 0 aromatic carbocycles. The zero-order chi connectivity index (χ0) is 8.20. The van der Waals surface area contributed by atoms with Crippen molar-refractivity contribution in [3.05, 3.63) is 30.9 Å². The Morgan fingerprint density at radius 2 is 2.00 bits per heavy atom. The third-order valence-corrected chi connectivity index (χ3v) is 1.04. The third kappa shape index (κ3) is 2.56. The summed E-state index contributed by atoms with van der Waals surface area (Å²) < 4.78 is 5.06. The van der Waals surface area contributed by atoms with Gasteiger partial charge in [0, 0.05) is 5.41 Å². The number of hydrogen-bond acceptors (Lipinski definition) is 1. The van der Waals surface area contributed by atoms with E-state index in [0.717, 1.165) is 5.76 Å². The molecule has 0 spiro atoms. The van der Waals surface area contributed by atoms with Crippen molar-refractivity contribution in [1.82, 2.24) is 0 Å². The molecule has 1 heteroatoms. The molecule has 0 aliphatic rings. The van der Waals surface area contributed by atoms with E-state index in [0.29, 0.717) is 0 Å². The minimum absolute atomic E-state index is 0.0318. The molecule has 10 heavy (non-hydrogen) atoms. The first-order valence-electron chi connectivity index (χ1n) is 3.20. The molecule has 1 nitrogen and oxygen atoms in total. The lowest BCUT2D eigenvalue weighted by atomic mass is 9.94. The normalized spacial score (nSPS) is 9.90. The van der Waals surface area contributed by atoms with Crippen LogP contribution in [0.15, 0.2) is 30.9 Å². The lowest BCUT2D eigenvalue weighted by molar-refractivity contribution is 0.248. The predicted molar refractivity (Wildman–Crippen MR) is 43.4 cm³/mol. The van der Waals surface area contributed by atoms with Gasteiger partial charge in [0.2, 0.25) is 0 Å². The number of allylic oxidation sites excluding steroid dienone is 1. The summed E-state index contributed by atoms with van der Waals surface area (Å²) >= 11 is 0. The fourth-order valence-electron chi connectivity index (χ4n) is 0.567. The van der Waals surface area contributed by atoms with Gasteiger partial charge in [0.1, 0.15) is 5.76 Å². The Balaban J connectivity index is 4.39. The van der Waals surface area contributed by atoms with Gasteiger partial charge in [0.25, 0.3) is 0 Å². The highest BCUT2D eigenvalue weighted by atomic mass is 16.5. The standard InChI is InChI=1S/C9H14O/c1-6-8(10-7-2)9(3,4)5/h7H,1-2H2,3-5H3. The first kappa shape index (κ1) is 9.06. The van der Waals surface area contributed by atoms with Crippen LogP contribution in [0.3, 0.4) is 0 Å². The molecule has 0 saturated heterocycles. The van der Waals surface area contributed by atoms with Crippen LogP contribution in [0, 0.1) is 5.41 Å². The van der Waals surface area contributed by atoms with Crippen molar-refractivity contribution in [2.75, 3.05) is 0 Å². The molecule has 0 aliphatic carbocycles. The molecule has 0 aliphatic heterocycles. The van der Waals surface area contributed by atoms with E-state index in [1.54, 1.807) is 0 Å². The lowest BCUT2D eigenvalue weighted by Gasteiger charge is -2.18. The van der Waals surface area contributed by atoms with Crippen LogP contribution in [0.1, 0.15) is 20.8 Å². The van der Waals surface area contributed by atoms with Gasteiger partial charge in [-0.3, -0.25) is 0 Å². The number of hydrogen-bond donors (Lipinski definition) is 0. The van der Waals surface area contributed by atoms with Crippen LogP contribution < -0.4 is 0 Å². The van der Waals surface area contributed by atoms with Crippen molar-refractivity contribution in [3.8, 4) is 0 Å². The van der Waals surface area contributed by atoms with Crippen molar-refractivity contribution in [1.29, 1.82) is 0 Å². The van der Waals surface area contributed by atoms with Crippen LogP contribution in [-0.4, -0.2) is 0 Å². The van der Waals surface area contributed by atoms with Gasteiger partial charge in [0.15, 0.2) is 0 Å². The zero-order valence-electron chi connectivity index (χ0n) is 6.90. The second-order valence-corrected chi connectivity index (χ2v) is 3.04. The summed E-state index contributed by atoms with van der Waals surface area (Å²) in [6, 6.07) is 0. The summed E-state index contributed by atoms with van der Waals surface area (Å²) in [5.74, 6) is 0.725. The molecule has 0 radical (unpaired) electrons. The summed E-state index contributed by atoms with van der Waals surface area (Å²) in [6.45, 7) is 13.1. The minimum Gasteiger partial charge on any atom is -0.461 e. The Bertz CT molecular complexity index is 166. The fraction of sp³-hybridized carbons (Fsp3) is 0.444. The fourth-order valence-corrected chi connectivity index (χ4v) is 0.567. The molecule has 0 aromatic rings. The third-order valence-electron chi connectivity index (χ3n) is 1.04. The van der Waals surface area contributed by atoms with Gasteiger partial charge < -0.3 is 4.74 Å². The van der Waals surface area contributed by atoms with E-state index >= 15 is 0 Å². The van der Waals surface area contributed by atoms with E-state index in [2.05, 4.69) is 18.9 Å². The highest BCUT2D eigenvalue weighted by Gasteiger charge is 2.17. The molecule has 0 bridgehead atoms. The van der Waals surface area contributed by atoms with Crippen LogP contribution in [0.4, 0.5) is 0 Å². The minimum atomic E-state index is -0.0318. The van der Waals surface area contributed by atoms with E-state index in [9.17, 15) is 0 Å². The van der Waals surface area contributed by atoms with Crippen molar-refractivity contribution in [2.45, 2.75) is 20.8 Å². The van der Waals surface area contributed by atoms with E-state index < -0.39 is 0 Å². The second-order valence-electron chi connectivity index (χ2n) is 3.04. The monoisotopic (exact) mass is 138 g/mol. The molecular weight excluding hydrogens is 124 g/mol. The average Bonchev–Trinajstić information content (AvgIpc) is 1.80. The van der Waals surface area contributed by atoms with E-state index in [1.165, 1.54) is 6.26 Å². The topological polar surface area (TPSA) is 9.23 Å². The summed E-state index contributed by atoms with van der Waals surface area (Å²) in [6.07, 6.45) is 1.39. The van der Waals surface area contributed by atoms with Crippen LogP contribution in [0.5, 0.6) is 0 Å². The Morgan fingerprint density at radius 1 is 1.50 bits per heavy atom. The van der Waals surface area contributed by atoms with Crippen LogP contribution in [-0.2, 0) is 4.74 Å². The van der Waals surface area contributed by atoms with Gasteiger partial charge >= 0.3 is 0 Å². The first-order valence-corrected chi connectivity index (χ1v) is 3.20.